The van der Waals surface area contributed by atoms with Crippen LogP contribution in [-0.4, -0.2) is 5.78 Å². The van der Waals surface area contributed by atoms with E-state index in [0.717, 1.165) is 16.8 Å². The molecule has 1 N–H and O–H groups in total. The van der Waals surface area contributed by atoms with Gasteiger partial charge in [-0.25, -0.2) is 0 Å². The summed E-state index contributed by atoms with van der Waals surface area (Å²) in [6.45, 7) is 2.03. The molecule has 0 saturated heterocycles. The lowest BCUT2D eigenvalue weighted by Crippen LogP contribution is -2.16. The zero-order chi connectivity index (χ0) is 19.4. The number of hydrogen-bond acceptors (Lipinski definition) is 2. The van der Waals surface area contributed by atoms with E-state index >= 15 is 0 Å². The van der Waals surface area contributed by atoms with Gasteiger partial charge < -0.3 is 5.32 Å². The summed E-state index contributed by atoms with van der Waals surface area (Å²) in [4.78, 5) is 12.8. The number of ketones is 1. The summed E-state index contributed by atoms with van der Waals surface area (Å²) in [7, 11) is 0. The normalized spacial score (nSPS) is 11.9. The van der Waals surface area contributed by atoms with Crippen molar-refractivity contribution in [2.24, 2.45) is 0 Å². The number of halogens is 3. The van der Waals surface area contributed by atoms with Crippen LogP contribution in [0.1, 0.15) is 33.9 Å². The fraction of sp³-hybridized carbons (Fsp3) is 0.136. The van der Waals surface area contributed by atoms with Gasteiger partial charge in [-0.15, -0.1) is 0 Å². The zero-order valence-electron chi connectivity index (χ0n) is 14.7. The van der Waals surface area contributed by atoms with Crippen LogP contribution in [0.15, 0.2) is 66.7 Å². The van der Waals surface area contributed by atoms with Gasteiger partial charge in [-0.3, -0.25) is 4.79 Å². The number of aryl methyl sites for hydroxylation is 1. The number of hydrogen-bond donors (Lipinski definition) is 1. The SMILES string of the molecule is Cc1cccc(NC(CC(=O)c2ccc(Cl)cc2)c2ccc(Cl)c(Cl)c2)c1. The Hall–Kier alpha value is -2.00. The first-order chi connectivity index (χ1) is 12.9. The Balaban J connectivity index is 1.89. The summed E-state index contributed by atoms with van der Waals surface area (Å²) in [5.74, 6) is 0.0166. The van der Waals surface area contributed by atoms with Crippen LogP contribution in [0, 0.1) is 6.92 Å². The zero-order valence-corrected chi connectivity index (χ0v) is 16.9. The van der Waals surface area contributed by atoms with Gasteiger partial charge in [0.2, 0.25) is 0 Å². The van der Waals surface area contributed by atoms with Gasteiger partial charge in [0, 0.05) is 22.7 Å². The highest BCUT2D eigenvalue weighted by Crippen LogP contribution is 2.30. The predicted octanol–water partition coefficient (Wildman–Crippen LogP) is 7.38. The molecule has 0 fully saturated rings. The van der Waals surface area contributed by atoms with E-state index in [1.165, 1.54) is 0 Å². The molecule has 0 bridgehead atoms. The number of carbonyl (C=O) groups excluding carboxylic acids is 1. The summed E-state index contributed by atoms with van der Waals surface area (Å²) < 4.78 is 0. The maximum atomic E-state index is 12.8. The third kappa shape index (κ3) is 5.26. The van der Waals surface area contributed by atoms with Gasteiger partial charge >= 0.3 is 0 Å². The van der Waals surface area contributed by atoms with E-state index in [4.69, 9.17) is 34.8 Å². The molecule has 0 spiro atoms. The molecular formula is C22H18Cl3NO. The van der Waals surface area contributed by atoms with Crippen molar-refractivity contribution in [1.29, 1.82) is 0 Å². The second kappa shape index (κ2) is 8.79. The monoisotopic (exact) mass is 417 g/mol. The smallest absolute Gasteiger partial charge is 0.165 e. The molecule has 3 aromatic rings. The molecule has 1 unspecified atom stereocenters. The van der Waals surface area contributed by atoms with Crippen LogP contribution in [0.25, 0.3) is 0 Å². The molecule has 0 amide bonds. The lowest BCUT2D eigenvalue weighted by molar-refractivity contribution is 0.0976. The maximum absolute atomic E-state index is 12.8. The van der Waals surface area contributed by atoms with Crippen molar-refractivity contribution in [3.63, 3.8) is 0 Å². The Kier molecular flexibility index (Phi) is 6.43. The van der Waals surface area contributed by atoms with E-state index < -0.39 is 0 Å². The minimum absolute atomic E-state index is 0.0166. The van der Waals surface area contributed by atoms with Crippen LogP contribution in [0.5, 0.6) is 0 Å². The summed E-state index contributed by atoms with van der Waals surface area (Å²) in [6.07, 6.45) is 0.271. The predicted molar refractivity (Wildman–Crippen MR) is 114 cm³/mol. The third-order valence-corrected chi connectivity index (χ3v) is 5.25. The van der Waals surface area contributed by atoms with Crippen LogP contribution in [0.2, 0.25) is 15.1 Å². The minimum atomic E-state index is -0.246. The molecule has 138 valence electrons. The van der Waals surface area contributed by atoms with Crippen LogP contribution >= 0.6 is 34.8 Å². The van der Waals surface area contributed by atoms with E-state index in [1.54, 1.807) is 36.4 Å². The van der Waals surface area contributed by atoms with Crippen molar-refractivity contribution in [3.05, 3.63) is 98.5 Å². The first-order valence-electron chi connectivity index (χ1n) is 8.49. The Morgan fingerprint density at radius 2 is 1.67 bits per heavy atom. The molecule has 5 heteroatoms. The highest BCUT2D eigenvalue weighted by atomic mass is 35.5. The van der Waals surface area contributed by atoms with Crippen molar-refractivity contribution in [2.75, 3.05) is 5.32 Å². The van der Waals surface area contributed by atoms with Gasteiger partial charge in [0.1, 0.15) is 0 Å². The van der Waals surface area contributed by atoms with E-state index in [1.807, 2.05) is 37.3 Å². The highest BCUT2D eigenvalue weighted by Gasteiger charge is 2.18. The lowest BCUT2D eigenvalue weighted by atomic mass is 9.97. The molecule has 0 aliphatic heterocycles. The number of anilines is 1. The minimum Gasteiger partial charge on any atom is -0.378 e. The lowest BCUT2D eigenvalue weighted by Gasteiger charge is -2.21. The number of carbonyl (C=O) groups is 1. The van der Waals surface area contributed by atoms with Crippen molar-refractivity contribution >= 4 is 46.3 Å². The summed E-state index contributed by atoms with van der Waals surface area (Å²) in [6, 6.07) is 20.1. The second-order valence-electron chi connectivity index (χ2n) is 6.37. The van der Waals surface area contributed by atoms with Gasteiger partial charge in [-0.1, -0.05) is 53.0 Å². The Morgan fingerprint density at radius 1 is 0.926 bits per heavy atom. The fourth-order valence-corrected chi connectivity index (χ4v) is 3.29. The number of rotatable bonds is 6. The fourth-order valence-electron chi connectivity index (χ4n) is 2.86. The van der Waals surface area contributed by atoms with Gasteiger partial charge in [-0.2, -0.15) is 0 Å². The van der Waals surface area contributed by atoms with Crippen LogP contribution in [-0.2, 0) is 0 Å². The third-order valence-electron chi connectivity index (χ3n) is 4.26. The average Bonchev–Trinajstić information content (AvgIpc) is 2.64. The molecule has 0 aliphatic rings. The summed E-state index contributed by atoms with van der Waals surface area (Å²) in [5.41, 5.74) is 3.59. The molecule has 3 aromatic carbocycles. The van der Waals surface area contributed by atoms with Crippen LogP contribution in [0.3, 0.4) is 0 Å². The molecule has 1 atom stereocenters. The highest BCUT2D eigenvalue weighted by molar-refractivity contribution is 6.42. The Morgan fingerprint density at radius 3 is 2.33 bits per heavy atom. The molecule has 0 radical (unpaired) electrons. The standard InChI is InChI=1S/C22H18Cl3NO/c1-14-3-2-4-18(11-14)26-21(16-7-10-19(24)20(25)12-16)13-22(27)15-5-8-17(23)9-6-15/h2-12,21,26H,13H2,1H3. The summed E-state index contributed by atoms with van der Waals surface area (Å²) >= 11 is 18.2. The Labute approximate surface area is 174 Å². The van der Waals surface area contributed by atoms with E-state index in [9.17, 15) is 4.79 Å². The van der Waals surface area contributed by atoms with Gasteiger partial charge in [0.05, 0.1) is 16.1 Å². The molecule has 0 heterocycles. The molecule has 3 rings (SSSR count). The Bertz CT molecular complexity index is 954. The van der Waals surface area contributed by atoms with E-state index in [0.29, 0.717) is 20.6 Å². The van der Waals surface area contributed by atoms with Crippen LogP contribution < -0.4 is 5.32 Å². The molecular weight excluding hydrogens is 401 g/mol. The molecule has 0 saturated carbocycles. The topological polar surface area (TPSA) is 29.1 Å². The number of benzene rings is 3. The largest absolute Gasteiger partial charge is 0.378 e. The van der Waals surface area contributed by atoms with Crippen LogP contribution in [0.4, 0.5) is 5.69 Å². The van der Waals surface area contributed by atoms with E-state index in [2.05, 4.69) is 5.32 Å². The molecule has 0 aliphatic carbocycles. The van der Waals surface area contributed by atoms with Gasteiger partial charge in [-0.05, 0) is 66.6 Å². The quantitative estimate of drug-likeness (QED) is 0.423. The summed E-state index contributed by atoms with van der Waals surface area (Å²) in [5, 5.41) is 5.00. The first kappa shape index (κ1) is 19.8. The first-order valence-corrected chi connectivity index (χ1v) is 9.62. The molecule has 2 nitrogen and oxygen atoms in total. The van der Waals surface area contributed by atoms with E-state index in [-0.39, 0.29) is 18.2 Å². The van der Waals surface area contributed by atoms with Crippen molar-refractivity contribution in [1.82, 2.24) is 0 Å². The number of Topliss-reactive ketones (excluding diaryl/α,β-unsaturated/α-hetero) is 1. The van der Waals surface area contributed by atoms with Gasteiger partial charge in [0.15, 0.2) is 5.78 Å². The van der Waals surface area contributed by atoms with Gasteiger partial charge in [0.25, 0.3) is 0 Å². The van der Waals surface area contributed by atoms with Crippen molar-refractivity contribution in [3.8, 4) is 0 Å². The van der Waals surface area contributed by atoms with Crippen molar-refractivity contribution < 1.29 is 4.79 Å². The second-order valence-corrected chi connectivity index (χ2v) is 7.62. The molecule has 27 heavy (non-hydrogen) atoms. The van der Waals surface area contributed by atoms with Crippen molar-refractivity contribution in [2.45, 2.75) is 19.4 Å². The average molecular weight is 419 g/mol. The molecule has 0 aromatic heterocycles. The maximum Gasteiger partial charge on any atom is 0.165 e. The number of nitrogens with one attached hydrogen (secondary N) is 1.